The maximum absolute atomic E-state index is 13.1. The molecule has 85 heavy (non-hydrogen) atoms. The van der Waals surface area contributed by atoms with Crippen molar-refractivity contribution in [3.05, 3.63) is 60.2 Å². The number of hydrogen-bond acceptors (Lipinski definition) is 13. The number of carbonyl (C=O) groups excluding carboxylic acids is 5. The van der Waals surface area contributed by atoms with Gasteiger partial charge in [-0.1, -0.05) is 192 Å². The molecule has 0 fully saturated rings. The van der Waals surface area contributed by atoms with Crippen LogP contribution in [0.2, 0.25) is 0 Å². The van der Waals surface area contributed by atoms with Crippen molar-refractivity contribution in [2.45, 2.75) is 315 Å². The van der Waals surface area contributed by atoms with Gasteiger partial charge in [0.2, 0.25) is 0 Å². The van der Waals surface area contributed by atoms with E-state index in [-0.39, 0.29) is 75.9 Å². The van der Waals surface area contributed by atoms with Crippen LogP contribution in [0.3, 0.4) is 0 Å². The van der Waals surface area contributed by atoms with Gasteiger partial charge in [0.25, 0.3) is 0 Å². The summed E-state index contributed by atoms with van der Waals surface area (Å²) < 4.78 is 28.0. The molecule has 0 saturated carbocycles. The number of allylic oxidation sites excluding steroid dienone is 3. The lowest BCUT2D eigenvalue weighted by Gasteiger charge is -2.18. The molecule has 1 aromatic carbocycles. The summed E-state index contributed by atoms with van der Waals surface area (Å²) in [5, 5.41) is 34.9. The summed E-state index contributed by atoms with van der Waals surface area (Å²) in [5.74, 6) is -1.13. The molecule has 1 aromatic rings. The number of unbranched alkanes of at least 4 members (excludes halogenated alkanes) is 25. The molecule has 4 unspecified atom stereocenters. The monoisotopic (exact) mass is 1200 g/mol. The van der Waals surface area contributed by atoms with Gasteiger partial charge in [0.15, 0.2) is 6.10 Å². The number of carbonyl (C=O) groups is 5. The number of aliphatic hydroxyl groups is 3. The molecule has 0 aliphatic rings. The minimum Gasteiger partial charge on any atom is -0.462 e. The highest BCUT2D eigenvalue weighted by molar-refractivity contribution is 5.91. The smallest absolute Gasteiger partial charge is 0.411 e. The van der Waals surface area contributed by atoms with Crippen LogP contribution in [0.1, 0.15) is 290 Å². The average molecular weight is 1200 g/mol. The zero-order valence-electron chi connectivity index (χ0n) is 53.7. The Morgan fingerprint density at radius 3 is 1.32 bits per heavy atom. The van der Waals surface area contributed by atoms with Crippen LogP contribution < -0.4 is 10.6 Å². The van der Waals surface area contributed by atoms with Crippen LogP contribution in [0.25, 0.3) is 0 Å². The van der Waals surface area contributed by atoms with Crippen LogP contribution in [-0.2, 0) is 38.1 Å². The number of aliphatic hydroxyl groups excluding tert-OH is 3. The van der Waals surface area contributed by atoms with Crippen LogP contribution in [0.15, 0.2) is 54.7 Å². The molecule has 0 spiro atoms. The fourth-order valence-electron chi connectivity index (χ4n) is 9.77. The SMILES string of the molecule is CCCCCCC(O)CC=CCCCCCCCC(=O)OCC(COC(=O)CCCCCCCC=CCC(CCCCCC)OC(=O)Nc1cccc(NC(=O)OCCCCO)c1C)OC(=O)CCCCCCCC=CCC(O)CCCCCC. The fraction of sp³-hybridized carbons (Fsp3) is 0.757. The first-order valence-corrected chi connectivity index (χ1v) is 33.9. The number of benzene rings is 1. The Kier molecular flexibility index (Phi) is 52.5. The largest absolute Gasteiger partial charge is 0.462 e. The summed E-state index contributed by atoms with van der Waals surface area (Å²) in [6, 6.07) is 5.22. The normalized spacial score (nSPS) is 13.0. The van der Waals surface area contributed by atoms with Gasteiger partial charge in [-0.3, -0.25) is 25.0 Å². The van der Waals surface area contributed by atoms with Crippen molar-refractivity contribution in [3.63, 3.8) is 0 Å². The molecule has 0 aliphatic heterocycles. The number of nitrogens with one attached hydrogen (secondary N) is 2. The molecule has 0 aliphatic carbocycles. The summed E-state index contributed by atoms with van der Waals surface area (Å²) >= 11 is 0. The van der Waals surface area contributed by atoms with Crippen LogP contribution in [-0.4, -0.2) is 96.3 Å². The van der Waals surface area contributed by atoms with Gasteiger partial charge in [0.1, 0.15) is 19.3 Å². The van der Waals surface area contributed by atoms with Crippen molar-refractivity contribution < 1.29 is 63.0 Å². The standard InChI is InChI=1S/C70H120N2O13/c1-5-8-11-32-44-60(74)46-34-26-20-14-17-23-29-38-52-66(76)82-57-63(84-68(78)54-40-31-25-18-15-21-27-35-47-61(75)45-33-12-9-6-2)58-83-67(77)53-39-30-24-19-16-22-28-37-49-62(48-36-13-10-7-3)85-70(80)72-65-51-43-50-64(59(65)4)71-69(79)81-56-42-41-55-73/h26-28,34-35,37,43,50-51,60-63,73-75H,5-25,29-33,36,38-42,44-49,52-58H2,1-4H3,(H,71,79)(H,72,80). The molecule has 0 aromatic heterocycles. The van der Waals surface area contributed by atoms with Gasteiger partial charge in [-0.25, -0.2) is 9.59 Å². The van der Waals surface area contributed by atoms with Crippen molar-refractivity contribution in [3.8, 4) is 0 Å². The summed E-state index contributed by atoms with van der Waals surface area (Å²) in [6.07, 6.45) is 46.8. The highest BCUT2D eigenvalue weighted by atomic mass is 16.6. The third-order valence-electron chi connectivity index (χ3n) is 15.2. The summed E-state index contributed by atoms with van der Waals surface area (Å²) in [6.45, 7) is 8.24. The Hall–Kier alpha value is -4.73. The van der Waals surface area contributed by atoms with Crippen molar-refractivity contribution >= 4 is 41.5 Å². The van der Waals surface area contributed by atoms with Gasteiger partial charge in [0, 0.05) is 43.7 Å². The number of amides is 2. The van der Waals surface area contributed by atoms with E-state index in [9.17, 15) is 34.2 Å². The van der Waals surface area contributed by atoms with Crippen LogP contribution >= 0.6 is 0 Å². The van der Waals surface area contributed by atoms with E-state index >= 15 is 0 Å². The molecule has 1 rings (SSSR count). The molecular weight excluding hydrogens is 1080 g/mol. The van der Waals surface area contributed by atoms with Gasteiger partial charge >= 0.3 is 30.1 Å². The van der Waals surface area contributed by atoms with Crippen LogP contribution in [0.5, 0.6) is 0 Å². The summed E-state index contributed by atoms with van der Waals surface area (Å²) in [7, 11) is 0. The van der Waals surface area contributed by atoms with Crippen molar-refractivity contribution in [1.82, 2.24) is 0 Å². The number of esters is 3. The van der Waals surface area contributed by atoms with E-state index in [2.05, 4.69) is 67.9 Å². The highest BCUT2D eigenvalue weighted by Crippen LogP contribution is 2.25. The second kappa shape index (κ2) is 57.0. The van der Waals surface area contributed by atoms with Crippen LogP contribution in [0.4, 0.5) is 21.0 Å². The molecule has 15 nitrogen and oxygen atoms in total. The Labute approximate surface area is 515 Å². The third kappa shape index (κ3) is 49.0. The van der Waals surface area contributed by atoms with E-state index in [4.69, 9.17) is 28.8 Å². The third-order valence-corrected chi connectivity index (χ3v) is 15.2. The predicted octanol–water partition coefficient (Wildman–Crippen LogP) is 17.9. The van der Waals surface area contributed by atoms with E-state index in [1.54, 1.807) is 25.1 Å². The zero-order chi connectivity index (χ0) is 62.1. The van der Waals surface area contributed by atoms with Gasteiger partial charge in [-0.2, -0.15) is 0 Å². The topological polar surface area (TPSA) is 216 Å². The Morgan fingerprint density at radius 2 is 0.847 bits per heavy atom. The van der Waals surface area contributed by atoms with Crippen molar-refractivity contribution in [1.29, 1.82) is 0 Å². The highest BCUT2D eigenvalue weighted by Gasteiger charge is 2.20. The van der Waals surface area contributed by atoms with Gasteiger partial charge < -0.3 is 39.0 Å². The molecule has 0 bridgehead atoms. The average Bonchev–Trinajstić information content (AvgIpc) is 3.55. The molecule has 5 N–H and O–H groups in total. The summed E-state index contributed by atoms with van der Waals surface area (Å²) in [5.41, 5.74) is 1.71. The lowest BCUT2D eigenvalue weighted by Crippen LogP contribution is -2.30. The van der Waals surface area contributed by atoms with E-state index in [1.165, 1.54) is 38.5 Å². The number of ether oxygens (including phenoxy) is 5. The summed E-state index contributed by atoms with van der Waals surface area (Å²) in [4.78, 5) is 64.0. The Morgan fingerprint density at radius 1 is 0.435 bits per heavy atom. The van der Waals surface area contributed by atoms with Crippen molar-refractivity contribution in [2.24, 2.45) is 0 Å². The maximum atomic E-state index is 13.1. The zero-order valence-corrected chi connectivity index (χ0v) is 53.7. The van der Waals surface area contributed by atoms with E-state index < -0.39 is 24.3 Å². The minimum atomic E-state index is -0.880. The molecule has 2 amide bonds. The molecule has 488 valence electrons. The molecule has 15 heteroatoms. The number of anilines is 2. The first-order valence-electron chi connectivity index (χ1n) is 33.9. The quantitative estimate of drug-likeness (QED) is 0.0178. The predicted molar refractivity (Wildman–Crippen MR) is 345 cm³/mol. The Balaban J connectivity index is 2.54. The first kappa shape index (κ1) is 78.3. The lowest BCUT2D eigenvalue weighted by atomic mass is 10.1. The number of hydrogen-bond donors (Lipinski definition) is 5. The molecular formula is C70H120N2O13. The molecule has 0 heterocycles. The molecule has 4 atom stereocenters. The fourth-order valence-corrected chi connectivity index (χ4v) is 9.77. The lowest BCUT2D eigenvalue weighted by molar-refractivity contribution is -0.167. The first-order chi connectivity index (χ1) is 41.4. The minimum absolute atomic E-state index is 0.0394. The number of rotatable bonds is 57. The van der Waals surface area contributed by atoms with Gasteiger partial charge in [0.05, 0.1) is 18.8 Å². The second-order valence-electron chi connectivity index (χ2n) is 23.2. The van der Waals surface area contributed by atoms with E-state index in [1.807, 2.05) is 0 Å². The molecule has 0 radical (unpaired) electrons. The van der Waals surface area contributed by atoms with Crippen LogP contribution in [0, 0.1) is 6.92 Å². The maximum Gasteiger partial charge on any atom is 0.411 e. The van der Waals surface area contributed by atoms with Gasteiger partial charge in [-0.15, -0.1) is 0 Å². The van der Waals surface area contributed by atoms with Gasteiger partial charge in [-0.05, 0) is 134 Å². The van der Waals surface area contributed by atoms with E-state index in [0.717, 1.165) is 154 Å². The van der Waals surface area contributed by atoms with Crippen molar-refractivity contribution in [2.75, 3.05) is 37.1 Å². The van der Waals surface area contributed by atoms with E-state index in [0.29, 0.717) is 68.3 Å². The molecule has 0 saturated heterocycles. The second-order valence-corrected chi connectivity index (χ2v) is 23.2. The Bertz CT molecular complexity index is 1910.